The summed E-state index contributed by atoms with van der Waals surface area (Å²) in [5.41, 5.74) is 3.05. The number of methoxy groups -OCH3 is 1. The standard InChI is InChI=1S/C22H19N3O3S/c1-13-4-6-15(7-5-13)18(26)12-25-22(27)20-21(29-14(2)23-20)19(24-25)16-8-10-17(28-3)11-9-16/h4-11H,12H2,1-3H3. The van der Waals surface area contributed by atoms with Gasteiger partial charge in [0.1, 0.15) is 18.0 Å². The van der Waals surface area contributed by atoms with Gasteiger partial charge in [0.05, 0.1) is 16.8 Å². The first kappa shape index (κ1) is 19.0. The van der Waals surface area contributed by atoms with E-state index < -0.39 is 0 Å². The molecule has 146 valence electrons. The van der Waals surface area contributed by atoms with Crippen LogP contribution in [0.4, 0.5) is 0 Å². The Morgan fingerprint density at radius 1 is 1.07 bits per heavy atom. The van der Waals surface area contributed by atoms with Crippen LogP contribution in [0.1, 0.15) is 20.9 Å². The number of ketones is 1. The van der Waals surface area contributed by atoms with Crippen molar-refractivity contribution in [1.82, 2.24) is 14.8 Å². The van der Waals surface area contributed by atoms with E-state index in [0.717, 1.165) is 26.6 Å². The number of hydrogen-bond donors (Lipinski definition) is 0. The van der Waals surface area contributed by atoms with Crippen LogP contribution in [0.15, 0.2) is 53.3 Å². The van der Waals surface area contributed by atoms with Gasteiger partial charge >= 0.3 is 0 Å². The minimum atomic E-state index is -0.359. The number of carbonyl (C=O) groups excluding carboxylic acids is 1. The molecule has 0 radical (unpaired) electrons. The highest BCUT2D eigenvalue weighted by atomic mass is 32.1. The minimum Gasteiger partial charge on any atom is -0.497 e. The number of thiazole rings is 1. The second kappa shape index (κ2) is 7.60. The van der Waals surface area contributed by atoms with Crippen molar-refractivity contribution in [3.63, 3.8) is 0 Å². The number of nitrogens with zero attached hydrogens (tertiary/aromatic N) is 3. The van der Waals surface area contributed by atoms with Crippen molar-refractivity contribution >= 4 is 27.3 Å². The zero-order valence-corrected chi connectivity index (χ0v) is 17.1. The van der Waals surface area contributed by atoms with Crippen molar-refractivity contribution in [1.29, 1.82) is 0 Å². The third-order valence-electron chi connectivity index (χ3n) is 4.64. The van der Waals surface area contributed by atoms with E-state index in [0.29, 0.717) is 16.8 Å². The molecule has 0 unspecified atom stereocenters. The van der Waals surface area contributed by atoms with Gasteiger partial charge in [0.15, 0.2) is 11.3 Å². The fraction of sp³-hybridized carbons (Fsp3) is 0.182. The summed E-state index contributed by atoms with van der Waals surface area (Å²) in [6.45, 7) is 3.67. The van der Waals surface area contributed by atoms with Crippen LogP contribution < -0.4 is 10.3 Å². The van der Waals surface area contributed by atoms with Crippen LogP contribution in [0.5, 0.6) is 5.75 Å². The molecule has 0 amide bonds. The van der Waals surface area contributed by atoms with Gasteiger partial charge in [-0.05, 0) is 38.1 Å². The monoisotopic (exact) mass is 405 g/mol. The van der Waals surface area contributed by atoms with Crippen LogP contribution in [0.2, 0.25) is 0 Å². The Morgan fingerprint density at radius 2 is 1.76 bits per heavy atom. The van der Waals surface area contributed by atoms with E-state index in [2.05, 4.69) is 10.1 Å². The Hall–Kier alpha value is -3.32. The molecule has 0 spiro atoms. The maximum Gasteiger partial charge on any atom is 0.294 e. The van der Waals surface area contributed by atoms with E-state index in [4.69, 9.17) is 4.74 Å². The third-order valence-corrected chi connectivity index (χ3v) is 5.61. The normalized spacial score (nSPS) is 11.0. The van der Waals surface area contributed by atoms with E-state index in [-0.39, 0.29) is 17.9 Å². The van der Waals surface area contributed by atoms with Crippen molar-refractivity contribution in [3.05, 3.63) is 75.0 Å². The highest BCUT2D eigenvalue weighted by molar-refractivity contribution is 7.19. The summed E-state index contributed by atoms with van der Waals surface area (Å²) < 4.78 is 7.15. The average molecular weight is 405 g/mol. The number of hydrogen-bond acceptors (Lipinski definition) is 6. The topological polar surface area (TPSA) is 74.1 Å². The fourth-order valence-electron chi connectivity index (χ4n) is 3.08. The van der Waals surface area contributed by atoms with E-state index in [9.17, 15) is 9.59 Å². The van der Waals surface area contributed by atoms with Crippen molar-refractivity contribution < 1.29 is 9.53 Å². The first-order valence-electron chi connectivity index (χ1n) is 9.09. The van der Waals surface area contributed by atoms with Gasteiger partial charge in [0.25, 0.3) is 5.56 Å². The Kier molecular flexibility index (Phi) is 4.98. The molecule has 6 nitrogen and oxygen atoms in total. The molecule has 0 fully saturated rings. The number of aromatic nitrogens is 3. The number of ether oxygens (including phenoxy) is 1. The summed E-state index contributed by atoms with van der Waals surface area (Å²) >= 11 is 1.42. The minimum absolute atomic E-state index is 0.141. The molecular weight excluding hydrogens is 386 g/mol. The highest BCUT2D eigenvalue weighted by Gasteiger charge is 2.18. The molecule has 29 heavy (non-hydrogen) atoms. The Bertz CT molecular complexity index is 1260. The van der Waals surface area contributed by atoms with Crippen LogP contribution in [0, 0.1) is 13.8 Å². The van der Waals surface area contributed by atoms with Crippen LogP contribution in [-0.2, 0) is 6.54 Å². The average Bonchev–Trinajstić information content (AvgIpc) is 3.12. The van der Waals surface area contributed by atoms with E-state index in [1.54, 1.807) is 19.2 Å². The molecule has 0 saturated carbocycles. The van der Waals surface area contributed by atoms with Crippen LogP contribution >= 0.6 is 11.3 Å². The van der Waals surface area contributed by atoms with Gasteiger partial charge in [-0.25, -0.2) is 9.67 Å². The van der Waals surface area contributed by atoms with Gasteiger partial charge in [0, 0.05) is 11.1 Å². The van der Waals surface area contributed by atoms with Crippen LogP contribution in [-0.4, -0.2) is 27.7 Å². The van der Waals surface area contributed by atoms with Crippen LogP contribution in [0.3, 0.4) is 0 Å². The maximum absolute atomic E-state index is 12.9. The fourth-order valence-corrected chi connectivity index (χ4v) is 4.00. The SMILES string of the molecule is COc1ccc(-c2nn(CC(=O)c3ccc(C)cc3)c(=O)c3nc(C)sc23)cc1. The van der Waals surface area contributed by atoms with Gasteiger partial charge in [-0.3, -0.25) is 9.59 Å². The summed E-state index contributed by atoms with van der Waals surface area (Å²) in [7, 11) is 1.61. The molecule has 0 aliphatic carbocycles. The summed E-state index contributed by atoms with van der Waals surface area (Å²) in [4.78, 5) is 30.0. The molecule has 7 heteroatoms. The lowest BCUT2D eigenvalue weighted by atomic mass is 10.1. The number of rotatable bonds is 5. The highest BCUT2D eigenvalue weighted by Crippen LogP contribution is 2.30. The van der Waals surface area contributed by atoms with Gasteiger partial charge in [-0.2, -0.15) is 5.10 Å². The summed E-state index contributed by atoms with van der Waals surface area (Å²) in [6.07, 6.45) is 0. The molecule has 4 aromatic rings. The molecule has 0 bridgehead atoms. The number of carbonyl (C=O) groups is 1. The van der Waals surface area contributed by atoms with Gasteiger partial charge < -0.3 is 4.74 Å². The smallest absolute Gasteiger partial charge is 0.294 e. The second-order valence-electron chi connectivity index (χ2n) is 6.74. The second-order valence-corrected chi connectivity index (χ2v) is 7.94. The lowest BCUT2D eigenvalue weighted by molar-refractivity contribution is 0.0966. The Labute approximate surface area is 171 Å². The van der Waals surface area contributed by atoms with Crippen molar-refractivity contribution in [3.8, 4) is 17.0 Å². The lowest BCUT2D eigenvalue weighted by Crippen LogP contribution is -2.27. The van der Waals surface area contributed by atoms with Crippen molar-refractivity contribution in [2.45, 2.75) is 20.4 Å². The predicted octanol–water partition coefficient (Wildman–Crippen LogP) is 4.03. The molecule has 0 atom stereocenters. The van der Waals surface area contributed by atoms with E-state index in [1.807, 2.05) is 50.2 Å². The van der Waals surface area contributed by atoms with Crippen LogP contribution in [0.25, 0.3) is 21.5 Å². The Balaban J connectivity index is 1.81. The third kappa shape index (κ3) is 3.69. The molecule has 2 aromatic carbocycles. The number of benzene rings is 2. The summed E-state index contributed by atoms with van der Waals surface area (Å²) in [5.74, 6) is 0.555. The molecular formula is C22H19N3O3S. The summed E-state index contributed by atoms with van der Waals surface area (Å²) in [6, 6.07) is 14.7. The molecule has 2 heterocycles. The number of fused-ring (bicyclic) bond motifs is 1. The quantitative estimate of drug-likeness (QED) is 0.469. The molecule has 0 aliphatic rings. The van der Waals surface area contributed by atoms with E-state index in [1.165, 1.54) is 16.0 Å². The molecule has 4 rings (SSSR count). The van der Waals surface area contributed by atoms with Crippen molar-refractivity contribution in [2.24, 2.45) is 0 Å². The predicted molar refractivity (Wildman–Crippen MR) is 114 cm³/mol. The molecule has 0 saturated heterocycles. The van der Waals surface area contributed by atoms with Gasteiger partial charge in [-0.15, -0.1) is 11.3 Å². The Morgan fingerprint density at radius 3 is 2.41 bits per heavy atom. The van der Waals surface area contributed by atoms with Gasteiger partial charge in [-0.1, -0.05) is 29.8 Å². The van der Waals surface area contributed by atoms with Crippen molar-refractivity contribution in [2.75, 3.05) is 7.11 Å². The number of aryl methyl sites for hydroxylation is 2. The first-order valence-corrected chi connectivity index (χ1v) is 9.90. The first-order chi connectivity index (χ1) is 14.0. The number of Topliss-reactive ketones (excluding diaryl/α,β-unsaturated/α-hetero) is 1. The molecule has 0 N–H and O–H groups in total. The maximum atomic E-state index is 12.9. The zero-order chi connectivity index (χ0) is 20.5. The lowest BCUT2D eigenvalue weighted by Gasteiger charge is -2.09. The van der Waals surface area contributed by atoms with E-state index >= 15 is 0 Å². The molecule has 0 aliphatic heterocycles. The molecule has 2 aromatic heterocycles. The van der Waals surface area contributed by atoms with Gasteiger partial charge in [0.2, 0.25) is 0 Å². The zero-order valence-electron chi connectivity index (χ0n) is 16.3. The summed E-state index contributed by atoms with van der Waals surface area (Å²) in [5, 5.41) is 5.31. The largest absolute Gasteiger partial charge is 0.497 e.